The Kier molecular flexibility index (Phi) is 4.70. The number of pyridine rings is 1. The molecule has 4 aromatic rings. The van der Waals surface area contributed by atoms with E-state index in [1.54, 1.807) is 6.20 Å². The number of hydrogen-bond donors (Lipinski definition) is 0. The van der Waals surface area contributed by atoms with E-state index in [0.717, 1.165) is 28.0 Å². The van der Waals surface area contributed by atoms with Gasteiger partial charge in [-0.15, -0.1) is 0 Å². The highest BCUT2D eigenvalue weighted by Gasteiger charge is 2.17. The fourth-order valence-corrected chi connectivity index (χ4v) is 3.51. The predicted octanol–water partition coefficient (Wildman–Crippen LogP) is 5.21. The third-order valence-corrected chi connectivity index (χ3v) is 4.97. The fourth-order valence-electron chi connectivity index (χ4n) is 3.51. The molecule has 28 heavy (non-hydrogen) atoms. The summed E-state index contributed by atoms with van der Waals surface area (Å²) in [4.78, 5) is 17.1. The maximum Gasteiger partial charge on any atom is 0.202 e. The third kappa shape index (κ3) is 3.41. The number of hydrogen-bond acceptors (Lipinski definition) is 3. The van der Waals surface area contributed by atoms with Crippen LogP contribution in [0.2, 0.25) is 0 Å². The van der Waals surface area contributed by atoms with Crippen molar-refractivity contribution in [2.75, 3.05) is 6.61 Å². The van der Waals surface area contributed by atoms with Crippen LogP contribution < -0.4 is 4.74 Å². The summed E-state index contributed by atoms with van der Waals surface area (Å²) in [6, 6.07) is 19.8. The van der Waals surface area contributed by atoms with Gasteiger partial charge in [0, 0.05) is 34.2 Å². The van der Waals surface area contributed by atoms with Crippen LogP contribution in [0.25, 0.3) is 16.6 Å². The monoisotopic (exact) mass is 370 g/mol. The Labute approximate surface area is 164 Å². The van der Waals surface area contributed by atoms with Crippen LogP contribution >= 0.6 is 0 Å². The van der Waals surface area contributed by atoms with E-state index in [9.17, 15) is 4.79 Å². The van der Waals surface area contributed by atoms with Gasteiger partial charge < -0.3 is 9.30 Å². The van der Waals surface area contributed by atoms with Crippen molar-refractivity contribution in [3.8, 4) is 11.4 Å². The molecule has 0 aliphatic carbocycles. The van der Waals surface area contributed by atoms with Crippen LogP contribution in [0.3, 0.4) is 0 Å². The Morgan fingerprint density at radius 3 is 2.57 bits per heavy atom. The molecule has 0 fully saturated rings. The van der Waals surface area contributed by atoms with Crippen LogP contribution in [0.4, 0.5) is 0 Å². The van der Waals surface area contributed by atoms with E-state index >= 15 is 0 Å². The van der Waals surface area contributed by atoms with Crippen molar-refractivity contribution in [1.82, 2.24) is 9.55 Å². The van der Waals surface area contributed by atoms with Crippen molar-refractivity contribution in [2.45, 2.75) is 20.8 Å². The SMILES string of the molecule is Cc1ccc(-n2c(C)cc(C(=O)COc3ccc4ncccc4c3)c2C)cc1. The number of ether oxygens (including phenoxy) is 1. The van der Waals surface area contributed by atoms with Gasteiger partial charge in [-0.3, -0.25) is 9.78 Å². The number of ketones is 1. The van der Waals surface area contributed by atoms with Crippen LogP contribution in [0.5, 0.6) is 5.75 Å². The van der Waals surface area contributed by atoms with E-state index < -0.39 is 0 Å². The molecule has 0 unspecified atom stereocenters. The van der Waals surface area contributed by atoms with Crippen LogP contribution in [-0.4, -0.2) is 21.9 Å². The van der Waals surface area contributed by atoms with Gasteiger partial charge in [0.15, 0.2) is 6.61 Å². The summed E-state index contributed by atoms with van der Waals surface area (Å²) < 4.78 is 7.87. The molecular formula is C24H22N2O2. The molecule has 4 heteroatoms. The Morgan fingerprint density at radius 2 is 1.79 bits per heavy atom. The van der Waals surface area contributed by atoms with E-state index in [1.165, 1.54) is 5.56 Å². The second-order valence-corrected chi connectivity index (χ2v) is 7.03. The second-order valence-electron chi connectivity index (χ2n) is 7.03. The summed E-state index contributed by atoms with van der Waals surface area (Å²) in [5, 5.41) is 0.991. The van der Waals surface area contributed by atoms with Crippen LogP contribution in [0.1, 0.15) is 27.3 Å². The van der Waals surface area contributed by atoms with Gasteiger partial charge >= 0.3 is 0 Å². The number of rotatable bonds is 5. The maximum absolute atomic E-state index is 12.8. The molecule has 4 rings (SSSR count). The summed E-state index contributed by atoms with van der Waals surface area (Å²) in [6.07, 6.45) is 1.76. The molecule has 0 radical (unpaired) electrons. The lowest BCUT2D eigenvalue weighted by Crippen LogP contribution is -2.12. The predicted molar refractivity (Wildman–Crippen MR) is 112 cm³/mol. The molecule has 140 valence electrons. The molecule has 2 heterocycles. The minimum absolute atomic E-state index is 0.00393. The van der Waals surface area contributed by atoms with E-state index in [1.807, 2.05) is 50.2 Å². The number of Topliss-reactive ketones (excluding diaryl/α,β-unsaturated/α-hetero) is 1. The molecule has 0 aliphatic heterocycles. The largest absolute Gasteiger partial charge is 0.485 e. The number of nitrogens with zero attached hydrogens (tertiary/aromatic N) is 2. The smallest absolute Gasteiger partial charge is 0.202 e. The first-order chi connectivity index (χ1) is 13.5. The zero-order chi connectivity index (χ0) is 19.7. The summed E-state index contributed by atoms with van der Waals surface area (Å²) in [5.41, 5.74) is 5.83. The molecule has 0 spiro atoms. The molecule has 0 saturated carbocycles. The molecule has 4 nitrogen and oxygen atoms in total. The third-order valence-electron chi connectivity index (χ3n) is 4.97. The molecule has 0 atom stereocenters. The Morgan fingerprint density at radius 1 is 1.00 bits per heavy atom. The average Bonchev–Trinajstić information content (AvgIpc) is 3.01. The normalized spacial score (nSPS) is 11.0. The zero-order valence-corrected chi connectivity index (χ0v) is 16.3. The highest BCUT2D eigenvalue weighted by atomic mass is 16.5. The highest BCUT2D eigenvalue weighted by molar-refractivity contribution is 5.99. The van der Waals surface area contributed by atoms with Crippen molar-refractivity contribution >= 4 is 16.7 Å². The number of aromatic nitrogens is 2. The van der Waals surface area contributed by atoms with Gasteiger partial charge in [-0.1, -0.05) is 23.8 Å². The molecule has 0 amide bonds. The summed E-state index contributed by atoms with van der Waals surface area (Å²) >= 11 is 0. The number of carbonyl (C=O) groups excluding carboxylic acids is 1. The first-order valence-corrected chi connectivity index (χ1v) is 9.30. The lowest BCUT2D eigenvalue weighted by Gasteiger charge is -2.10. The van der Waals surface area contributed by atoms with Gasteiger partial charge in [-0.2, -0.15) is 0 Å². The van der Waals surface area contributed by atoms with Crippen LogP contribution in [-0.2, 0) is 0 Å². The van der Waals surface area contributed by atoms with Gasteiger partial charge in [0.1, 0.15) is 5.75 Å². The van der Waals surface area contributed by atoms with E-state index in [4.69, 9.17) is 4.74 Å². The van der Waals surface area contributed by atoms with Gasteiger partial charge in [0.25, 0.3) is 0 Å². The zero-order valence-electron chi connectivity index (χ0n) is 16.3. The van der Waals surface area contributed by atoms with E-state index in [-0.39, 0.29) is 12.4 Å². The summed E-state index contributed by atoms with van der Waals surface area (Å²) in [7, 11) is 0. The fraction of sp³-hybridized carbons (Fsp3) is 0.167. The number of benzene rings is 2. The van der Waals surface area contributed by atoms with E-state index in [2.05, 4.69) is 40.7 Å². The van der Waals surface area contributed by atoms with Gasteiger partial charge in [0.2, 0.25) is 5.78 Å². The number of aryl methyl sites for hydroxylation is 2. The van der Waals surface area contributed by atoms with Crippen LogP contribution in [0.15, 0.2) is 66.9 Å². The summed E-state index contributed by atoms with van der Waals surface area (Å²) in [5.74, 6) is 0.638. The van der Waals surface area contributed by atoms with Gasteiger partial charge in [0.05, 0.1) is 5.52 Å². The molecule has 2 aromatic carbocycles. The minimum Gasteiger partial charge on any atom is -0.485 e. The highest BCUT2D eigenvalue weighted by Crippen LogP contribution is 2.23. The Balaban J connectivity index is 1.54. The minimum atomic E-state index is -0.0299. The van der Waals surface area contributed by atoms with Crippen molar-refractivity contribution < 1.29 is 9.53 Å². The maximum atomic E-state index is 12.8. The van der Waals surface area contributed by atoms with Crippen molar-refractivity contribution in [3.05, 3.63) is 89.4 Å². The van der Waals surface area contributed by atoms with E-state index in [0.29, 0.717) is 11.3 Å². The molecular weight excluding hydrogens is 348 g/mol. The average molecular weight is 370 g/mol. The molecule has 2 aromatic heterocycles. The first kappa shape index (κ1) is 18.0. The quantitative estimate of drug-likeness (QED) is 0.453. The lowest BCUT2D eigenvalue weighted by molar-refractivity contribution is 0.0921. The second kappa shape index (κ2) is 7.31. The van der Waals surface area contributed by atoms with Crippen LogP contribution in [0, 0.1) is 20.8 Å². The summed E-state index contributed by atoms with van der Waals surface area (Å²) in [6.45, 7) is 6.06. The lowest BCUT2D eigenvalue weighted by atomic mass is 10.1. The number of carbonyl (C=O) groups is 1. The molecule has 0 saturated heterocycles. The number of fused-ring (bicyclic) bond motifs is 1. The topological polar surface area (TPSA) is 44.1 Å². The van der Waals surface area contributed by atoms with Gasteiger partial charge in [-0.05, 0) is 63.2 Å². The molecule has 0 N–H and O–H groups in total. The molecule has 0 aliphatic rings. The van der Waals surface area contributed by atoms with Crippen molar-refractivity contribution in [3.63, 3.8) is 0 Å². The van der Waals surface area contributed by atoms with Crippen molar-refractivity contribution in [1.29, 1.82) is 0 Å². The Hall–Kier alpha value is -3.40. The molecule has 0 bridgehead atoms. The Bertz CT molecular complexity index is 1160. The first-order valence-electron chi connectivity index (χ1n) is 9.30. The van der Waals surface area contributed by atoms with Crippen molar-refractivity contribution in [2.24, 2.45) is 0 Å². The standard InChI is InChI=1S/C24H22N2O2/c1-16-6-8-20(9-7-16)26-17(2)13-22(18(26)3)24(27)15-28-21-10-11-23-19(14-21)5-4-12-25-23/h4-14H,15H2,1-3H3. The van der Waals surface area contributed by atoms with Gasteiger partial charge in [-0.25, -0.2) is 0 Å².